The second-order valence-electron chi connectivity index (χ2n) is 6.87. The summed E-state index contributed by atoms with van der Waals surface area (Å²) < 4.78 is 0. The van der Waals surface area contributed by atoms with Gasteiger partial charge in [-0.3, -0.25) is 14.5 Å². The summed E-state index contributed by atoms with van der Waals surface area (Å²) in [5.41, 5.74) is -1.38. The lowest BCUT2D eigenvalue weighted by atomic mass is 9.92. The topological polar surface area (TPSA) is 78.5 Å². The highest BCUT2D eigenvalue weighted by Crippen LogP contribution is 2.34. The number of halogens is 2. The van der Waals surface area contributed by atoms with Gasteiger partial charge in [0.25, 0.3) is 5.91 Å². The smallest absolute Gasteiger partial charge is 0.325 e. The van der Waals surface area contributed by atoms with E-state index < -0.39 is 28.9 Å². The van der Waals surface area contributed by atoms with Crippen LogP contribution >= 0.6 is 23.2 Å². The number of amides is 4. The zero-order valence-electron chi connectivity index (χ0n) is 13.9. The van der Waals surface area contributed by atoms with Crippen molar-refractivity contribution in [1.29, 1.82) is 0 Å². The maximum absolute atomic E-state index is 12.7. The van der Waals surface area contributed by atoms with Gasteiger partial charge in [0.15, 0.2) is 0 Å². The fraction of sp³-hybridized carbons (Fsp3) is 0.438. The summed E-state index contributed by atoms with van der Waals surface area (Å²) in [4.78, 5) is 37.9. The molecule has 1 saturated heterocycles. The van der Waals surface area contributed by atoms with Gasteiger partial charge in [0.1, 0.15) is 12.1 Å². The number of urea groups is 1. The summed E-state index contributed by atoms with van der Waals surface area (Å²) >= 11 is 12.0. The molecule has 1 atom stereocenters. The Morgan fingerprint density at radius 2 is 1.92 bits per heavy atom. The fourth-order valence-corrected chi connectivity index (χ4v) is 3.12. The van der Waals surface area contributed by atoms with Gasteiger partial charge in [-0.1, -0.05) is 29.3 Å². The molecule has 2 N–H and O–H groups in total. The Morgan fingerprint density at radius 1 is 1.29 bits per heavy atom. The number of nitrogens with one attached hydrogen (secondary N) is 2. The van der Waals surface area contributed by atoms with Gasteiger partial charge >= 0.3 is 6.03 Å². The molecule has 0 aliphatic carbocycles. The monoisotopic (exact) mass is 371 g/mol. The van der Waals surface area contributed by atoms with Crippen LogP contribution in [-0.4, -0.2) is 34.8 Å². The number of carbonyl (C=O) groups is 3. The molecule has 8 heteroatoms. The Bertz CT molecular complexity index is 715. The van der Waals surface area contributed by atoms with Crippen LogP contribution in [0.25, 0.3) is 0 Å². The number of rotatable bonds is 3. The second-order valence-corrected chi connectivity index (χ2v) is 7.71. The highest BCUT2D eigenvalue weighted by molar-refractivity contribution is 6.35. The molecule has 0 bridgehead atoms. The van der Waals surface area contributed by atoms with Crippen molar-refractivity contribution in [2.75, 3.05) is 6.54 Å². The molecule has 0 radical (unpaired) electrons. The Labute approximate surface area is 150 Å². The number of hydrogen-bond acceptors (Lipinski definition) is 3. The predicted octanol–water partition coefficient (Wildman–Crippen LogP) is 2.68. The molecule has 1 fully saturated rings. The third kappa shape index (κ3) is 3.65. The van der Waals surface area contributed by atoms with E-state index in [0.717, 1.165) is 4.90 Å². The summed E-state index contributed by atoms with van der Waals surface area (Å²) in [6.07, 6.45) is 0. The van der Waals surface area contributed by atoms with Gasteiger partial charge in [-0.15, -0.1) is 0 Å². The molecule has 1 aromatic carbocycles. The van der Waals surface area contributed by atoms with E-state index in [0.29, 0.717) is 10.6 Å². The van der Waals surface area contributed by atoms with Crippen LogP contribution in [0.5, 0.6) is 0 Å². The van der Waals surface area contributed by atoms with Crippen molar-refractivity contribution in [3.8, 4) is 0 Å². The lowest BCUT2D eigenvalue weighted by Crippen LogP contribution is -2.48. The quantitative estimate of drug-likeness (QED) is 0.801. The first-order chi connectivity index (χ1) is 10.9. The molecule has 130 valence electrons. The third-order valence-electron chi connectivity index (χ3n) is 3.56. The van der Waals surface area contributed by atoms with Gasteiger partial charge in [-0.05, 0) is 39.8 Å². The number of imide groups is 1. The molecule has 0 saturated carbocycles. The first-order valence-electron chi connectivity index (χ1n) is 7.35. The SMILES string of the molecule is CC(C)(C)NC(=O)CN1C(=O)N[C@@](C)(c2ccc(Cl)cc2Cl)C1=O. The molecular weight excluding hydrogens is 353 g/mol. The standard InChI is InChI=1S/C16H19Cl2N3O3/c1-15(2,3)19-12(22)8-21-13(23)16(4,20-14(21)24)10-6-5-9(17)7-11(10)18/h5-7H,8H2,1-4H3,(H,19,22)(H,20,24)/t16-/m0/s1. The highest BCUT2D eigenvalue weighted by Gasteiger charge is 2.50. The largest absolute Gasteiger partial charge is 0.350 e. The van der Waals surface area contributed by atoms with Crippen LogP contribution in [0.15, 0.2) is 18.2 Å². The minimum Gasteiger partial charge on any atom is -0.350 e. The Balaban J connectivity index is 2.26. The van der Waals surface area contributed by atoms with E-state index in [1.165, 1.54) is 6.07 Å². The van der Waals surface area contributed by atoms with Crippen LogP contribution in [0.3, 0.4) is 0 Å². The van der Waals surface area contributed by atoms with Crippen molar-refractivity contribution in [2.45, 2.75) is 38.8 Å². The molecule has 6 nitrogen and oxygen atoms in total. The summed E-state index contributed by atoms with van der Waals surface area (Å²) in [7, 11) is 0. The van der Waals surface area contributed by atoms with Crippen LogP contribution in [0.1, 0.15) is 33.3 Å². The second kappa shape index (κ2) is 6.26. The van der Waals surface area contributed by atoms with Crippen LogP contribution in [-0.2, 0) is 15.1 Å². The fourth-order valence-electron chi connectivity index (χ4n) is 2.52. The van der Waals surface area contributed by atoms with Crippen molar-refractivity contribution in [3.05, 3.63) is 33.8 Å². The minimum atomic E-state index is -1.35. The normalized spacial score (nSPS) is 21.0. The molecule has 4 amide bonds. The highest BCUT2D eigenvalue weighted by atomic mass is 35.5. The lowest BCUT2D eigenvalue weighted by molar-refractivity contribution is -0.135. The molecule has 2 rings (SSSR count). The summed E-state index contributed by atoms with van der Waals surface area (Å²) in [5, 5.41) is 6.01. The first-order valence-corrected chi connectivity index (χ1v) is 8.10. The van der Waals surface area contributed by atoms with E-state index in [-0.39, 0.29) is 11.6 Å². The van der Waals surface area contributed by atoms with Gasteiger partial charge in [0, 0.05) is 21.1 Å². The molecule has 1 aliphatic heterocycles. The van der Waals surface area contributed by atoms with Crippen LogP contribution in [0.2, 0.25) is 10.0 Å². The first kappa shape index (κ1) is 18.5. The molecule has 0 unspecified atom stereocenters. The zero-order chi connectivity index (χ0) is 18.3. The summed E-state index contributed by atoms with van der Waals surface area (Å²) in [6.45, 7) is 6.63. The molecule has 1 aliphatic rings. The van der Waals surface area contributed by atoms with E-state index >= 15 is 0 Å². The van der Waals surface area contributed by atoms with E-state index in [2.05, 4.69) is 10.6 Å². The van der Waals surface area contributed by atoms with Gasteiger partial charge < -0.3 is 10.6 Å². The molecule has 1 heterocycles. The molecule has 24 heavy (non-hydrogen) atoms. The van der Waals surface area contributed by atoms with Crippen molar-refractivity contribution in [2.24, 2.45) is 0 Å². The number of benzene rings is 1. The minimum absolute atomic E-state index is 0.264. The molecule has 0 spiro atoms. The van der Waals surface area contributed by atoms with E-state index in [4.69, 9.17) is 23.2 Å². The van der Waals surface area contributed by atoms with Crippen molar-refractivity contribution < 1.29 is 14.4 Å². The van der Waals surface area contributed by atoms with Crippen molar-refractivity contribution >= 4 is 41.0 Å². The molecule has 0 aromatic heterocycles. The predicted molar refractivity (Wildman–Crippen MR) is 92.0 cm³/mol. The Kier molecular flexibility index (Phi) is 4.84. The van der Waals surface area contributed by atoms with Crippen LogP contribution in [0, 0.1) is 0 Å². The van der Waals surface area contributed by atoms with Gasteiger partial charge in [0.05, 0.1) is 0 Å². The van der Waals surface area contributed by atoms with Crippen molar-refractivity contribution in [3.63, 3.8) is 0 Å². The average Bonchev–Trinajstić information content (AvgIpc) is 2.61. The maximum atomic E-state index is 12.7. The van der Waals surface area contributed by atoms with Crippen molar-refractivity contribution in [1.82, 2.24) is 15.5 Å². The number of hydrogen-bond donors (Lipinski definition) is 2. The van der Waals surface area contributed by atoms with Crippen LogP contribution < -0.4 is 10.6 Å². The number of nitrogens with zero attached hydrogens (tertiary/aromatic N) is 1. The Hall–Kier alpha value is -1.79. The number of carbonyl (C=O) groups excluding carboxylic acids is 3. The molecule has 1 aromatic rings. The lowest BCUT2D eigenvalue weighted by Gasteiger charge is -2.24. The van der Waals surface area contributed by atoms with Gasteiger partial charge in [-0.25, -0.2) is 4.79 Å². The summed E-state index contributed by atoms with van der Waals surface area (Å²) in [5.74, 6) is -0.960. The van der Waals surface area contributed by atoms with Crippen LogP contribution in [0.4, 0.5) is 4.79 Å². The van der Waals surface area contributed by atoms with E-state index in [1.807, 2.05) is 20.8 Å². The maximum Gasteiger partial charge on any atom is 0.325 e. The third-order valence-corrected chi connectivity index (χ3v) is 4.11. The summed E-state index contributed by atoms with van der Waals surface area (Å²) in [6, 6.07) is 4.03. The van der Waals surface area contributed by atoms with E-state index in [1.54, 1.807) is 19.1 Å². The zero-order valence-corrected chi connectivity index (χ0v) is 15.4. The molecular formula is C16H19Cl2N3O3. The Morgan fingerprint density at radius 3 is 2.46 bits per heavy atom. The van der Waals surface area contributed by atoms with Gasteiger partial charge in [0.2, 0.25) is 5.91 Å². The van der Waals surface area contributed by atoms with Gasteiger partial charge in [-0.2, -0.15) is 0 Å². The van der Waals surface area contributed by atoms with E-state index in [9.17, 15) is 14.4 Å². The average molecular weight is 372 g/mol.